The Hall–Kier alpha value is -1.19. The second kappa shape index (κ2) is 5.21. The molecule has 2 aromatic rings. The monoisotopic (exact) mass is 258 g/mol. The average molecular weight is 258 g/mol. The van der Waals surface area contributed by atoms with E-state index < -0.39 is 0 Å². The van der Waals surface area contributed by atoms with Crippen LogP contribution in [0.25, 0.3) is 0 Å². The Labute approximate surface area is 112 Å². The molecule has 94 valence electrons. The Bertz CT molecular complexity index is 519. The lowest BCUT2D eigenvalue weighted by Gasteiger charge is -2.18. The van der Waals surface area contributed by atoms with Crippen LogP contribution in [0.15, 0.2) is 30.3 Å². The first-order chi connectivity index (χ1) is 8.85. The van der Waals surface area contributed by atoms with Gasteiger partial charge in [-0.05, 0) is 37.3 Å². The number of rotatable bonds is 3. The zero-order valence-corrected chi connectivity index (χ0v) is 11.2. The normalized spacial score (nSPS) is 18.6. The SMILES string of the molecule is NCC1CCc2nc(Cc3ccccc3)sc2C1. The van der Waals surface area contributed by atoms with Crippen molar-refractivity contribution in [2.45, 2.75) is 25.7 Å². The Morgan fingerprint density at radius 1 is 1.28 bits per heavy atom. The van der Waals surface area contributed by atoms with Gasteiger partial charge in [-0.25, -0.2) is 4.98 Å². The molecule has 1 unspecified atom stereocenters. The first kappa shape index (κ1) is 11.9. The zero-order valence-electron chi connectivity index (χ0n) is 10.4. The fraction of sp³-hybridized carbons (Fsp3) is 0.400. The minimum absolute atomic E-state index is 0.669. The molecule has 18 heavy (non-hydrogen) atoms. The number of nitrogens with zero attached hydrogens (tertiary/aromatic N) is 1. The van der Waals surface area contributed by atoms with Crippen LogP contribution in [0.5, 0.6) is 0 Å². The summed E-state index contributed by atoms with van der Waals surface area (Å²) in [4.78, 5) is 6.27. The summed E-state index contributed by atoms with van der Waals surface area (Å²) in [6, 6.07) is 10.6. The van der Waals surface area contributed by atoms with Crippen molar-refractivity contribution >= 4 is 11.3 Å². The molecule has 1 aromatic carbocycles. The maximum atomic E-state index is 5.77. The molecule has 0 spiro atoms. The summed E-state index contributed by atoms with van der Waals surface area (Å²) in [6.07, 6.45) is 4.42. The molecule has 0 saturated carbocycles. The molecule has 0 saturated heterocycles. The number of aromatic nitrogens is 1. The maximum absolute atomic E-state index is 5.77. The highest BCUT2D eigenvalue weighted by Gasteiger charge is 2.21. The standard InChI is InChI=1S/C15H18N2S/c16-10-12-6-7-13-14(8-12)18-15(17-13)9-11-4-2-1-3-5-11/h1-5,12H,6-10,16H2. The van der Waals surface area contributed by atoms with Crippen LogP contribution in [0.2, 0.25) is 0 Å². The van der Waals surface area contributed by atoms with Crippen LogP contribution in [0, 0.1) is 5.92 Å². The van der Waals surface area contributed by atoms with Crippen LogP contribution in [0.3, 0.4) is 0 Å². The molecule has 0 bridgehead atoms. The van der Waals surface area contributed by atoms with Gasteiger partial charge in [0.25, 0.3) is 0 Å². The number of hydrogen-bond acceptors (Lipinski definition) is 3. The quantitative estimate of drug-likeness (QED) is 0.919. The summed E-state index contributed by atoms with van der Waals surface area (Å²) < 4.78 is 0. The molecule has 1 aliphatic carbocycles. The molecular weight excluding hydrogens is 240 g/mol. The van der Waals surface area contributed by atoms with Crippen LogP contribution >= 0.6 is 11.3 Å². The summed E-state index contributed by atoms with van der Waals surface area (Å²) in [6.45, 7) is 0.811. The molecule has 0 aliphatic heterocycles. The maximum Gasteiger partial charge on any atom is 0.0974 e. The number of hydrogen-bond donors (Lipinski definition) is 1. The van der Waals surface area contributed by atoms with Gasteiger partial charge in [0.05, 0.1) is 10.7 Å². The summed E-state index contributed by atoms with van der Waals surface area (Å²) in [5, 5.41) is 1.25. The van der Waals surface area contributed by atoms with Gasteiger partial charge in [-0.1, -0.05) is 30.3 Å². The molecule has 1 aliphatic rings. The summed E-state index contributed by atoms with van der Waals surface area (Å²) >= 11 is 1.88. The Balaban J connectivity index is 1.78. The van der Waals surface area contributed by atoms with Crippen molar-refractivity contribution < 1.29 is 0 Å². The van der Waals surface area contributed by atoms with Gasteiger partial charge in [0.2, 0.25) is 0 Å². The van der Waals surface area contributed by atoms with E-state index >= 15 is 0 Å². The number of fused-ring (bicyclic) bond motifs is 1. The van der Waals surface area contributed by atoms with Gasteiger partial charge in [-0.15, -0.1) is 11.3 Å². The molecule has 0 amide bonds. The van der Waals surface area contributed by atoms with Gasteiger partial charge in [-0.2, -0.15) is 0 Å². The van der Waals surface area contributed by atoms with Gasteiger partial charge < -0.3 is 5.73 Å². The van der Waals surface area contributed by atoms with E-state index in [1.54, 1.807) is 0 Å². The van der Waals surface area contributed by atoms with E-state index in [1.165, 1.54) is 27.6 Å². The molecule has 2 N–H and O–H groups in total. The second-order valence-electron chi connectivity index (χ2n) is 4.98. The zero-order chi connectivity index (χ0) is 12.4. The highest BCUT2D eigenvalue weighted by molar-refractivity contribution is 7.11. The highest BCUT2D eigenvalue weighted by Crippen LogP contribution is 2.30. The summed E-state index contributed by atoms with van der Waals surface area (Å²) in [5.74, 6) is 0.669. The predicted molar refractivity (Wildman–Crippen MR) is 75.9 cm³/mol. The van der Waals surface area contributed by atoms with Crippen molar-refractivity contribution in [3.63, 3.8) is 0 Å². The van der Waals surface area contributed by atoms with Crippen LogP contribution in [-0.4, -0.2) is 11.5 Å². The van der Waals surface area contributed by atoms with Crippen LogP contribution in [0.1, 0.15) is 27.6 Å². The molecular formula is C15H18N2S. The number of thiazole rings is 1. The van der Waals surface area contributed by atoms with E-state index in [0.29, 0.717) is 5.92 Å². The van der Waals surface area contributed by atoms with Gasteiger partial charge >= 0.3 is 0 Å². The van der Waals surface area contributed by atoms with Gasteiger partial charge in [-0.3, -0.25) is 0 Å². The smallest absolute Gasteiger partial charge is 0.0974 e. The number of aryl methyl sites for hydroxylation is 1. The van der Waals surface area contributed by atoms with E-state index in [4.69, 9.17) is 10.7 Å². The fourth-order valence-electron chi connectivity index (χ4n) is 2.54. The number of benzene rings is 1. The minimum atomic E-state index is 0.669. The van der Waals surface area contributed by atoms with E-state index in [9.17, 15) is 0 Å². The molecule has 0 fully saturated rings. The van der Waals surface area contributed by atoms with E-state index in [2.05, 4.69) is 30.3 Å². The fourth-order valence-corrected chi connectivity index (χ4v) is 3.81. The number of nitrogens with two attached hydrogens (primary N) is 1. The van der Waals surface area contributed by atoms with Crippen molar-refractivity contribution in [2.24, 2.45) is 11.7 Å². The molecule has 1 aromatic heterocycles. The van der Waals surface area contributed by atoms with Crippen molar-refractivity contribution in [3.8, 4) is 0 Å². The molecule has 1 heterocycles. The van der Waals surface area contributed by atoms with Gasteiger partial charge in [0, 0.05) is 11.3 Å². The Kier molecular flexibility index (Phi) is 3.43. The molecule has 3 heteroatoms. The van der Waals surface area contributed by atoms with E-state index in [0.717, 1.165) is 25.8 Å². The lowest BCUT2D eigenvalue weighted by atomic mass is 9.91. The molecule has 3 rings (SSSR count). The largest absolute Gasteiger partial charge is 0.330 e. The van der Waals surface area contributed by atoms with Crippen molar-refractivity contribution in [1.29, 1.82) is 0 Å². The van der Waals surface area contributed by atoms with Crippen LogP contribution in [0.4, 0.5) is 0 Å². The Morgan fingerprint density at radius 2 is 2.11 bits per heavy atom. The van der Waals surface area contributed by atoms with Gasteiger partial charge in [0.1, 0.15) is 0 Å². The highest BCUT2D eigenvalue weighted by atomic mass is 32.1. The van der Waals surface area contributed by atoms with Crippen molar-refractivity contribution in [2.75, 3.05) is 6.54 Å². The van der Waals surface area contributed by atoms with Crippen LogP contribution < -0.4 is 5.73 Å². The first-order valence-electron chi connectivity index (χ1n) is 6.56. The third kappa shape index (κ3) is 2.47. The average Bonchev–Trinajstić information content (AvgIpc) is 2.80. The molecule has 2 nitrogen and oxygen atoms in total. The topological polar surface area (TPSA) is 38.9 Å². The van der Waals surface area contributed by atoms with Gasteiger partial charge in [0.15, 0.2) is 0 Å². The minimum Gasteiger partial charge on any atom is -0.330 e. The Morgan fingerprint density at radius 3 is 2.89 bits per heavy atom. The predicted octanol–water partition coefficient (Wildman–Crippen LogP) is 2.80. The van der Waals surface area contributed by atoms with Crippen molar-refractivity contribution in [3.05, 3.63) is 51.5 Å². The third-order valence-corrected chi connectivity index (χ3v) is 4.74. The van der Waals surface area contributed by atoms with E-state index in [1.807, 2.05) is 11.3 Å². The van der Waals surface area contributed by atoms with Crippen LogP contribution in [-0.2, 0) is 19.3 Å². The summed E-state index contributed by atoms with van der Waals surface area (Å²) in [5.41, 5.74) is 8.45. The lowest BCUT2D eigenvalue weighted by molar-refractivity contribution is 0.469. The third-order valence-electron chi connectivity index (χ3n) is 3.62. The molecule has 0 radical (unpaired) electrons. The summed E-state index contributed by atoms with van der Waals surface area (Å²) in [7, 11) is 0. The van der Waals surface area contributed by atoms with Crippen molar-refractivity contribution in [1.82, 2.24) is 4.98 Å². The van der Waals surface area contributed by atoms with E-state index in [-0.39, 0.29) is 0 Å². The second-order valence-corrected chi connectivity index (χ2v) is 6.15. The first-order valence-corrected chi connectivity index (χ1v) is 7.38. The lowest BCUT2D eigenvalue weighted by Crippen LogP contribution is -2.21. The molecule has 1 atom stereocenters.